The molecule has 0 heterocycles. The van der Waals surface area contributed by atoms with Crippen molar-refractivity contribution in [2.45, 2.75) is 19.9 Å². The van der Waals surface area contributed by atoms with Crippen LogP contribution in [0.25, 0.3) is 0 Å². The van der Waals surface area contributed by atoms with Crippen molar-refractivity contribution in [1.29, 1.82) is 0 Å². The molecule has 0 aromatic rings. The topological polar surface area (TPSA) is 136 Å². The molecular formula is C10H17N3O6. The van der Waals surface area contributed by atoms with E-state index in [2.05, 4.69) is 10.6 Å². The average Bonchev–Trinajstić information content (AvgIpc) is 2.26. The number of carboxylic acid groups (broad SMARTS) is 2. The second-order valence-electron chi connectivity index (χ2n) is 3.71. The van der Waals surface area contributed by atoms with Gasteiger partial charge in [0.2, 0.25) is 5.91 Å². The number of carboxylic acids is 2. The number of aliphatic carboxylic acids is 2. The summed E-state index contributed by atoms with van der Waals surface area (Å²) in [6.45, 7) is 1.96. The van der Waals surface area contributed by atoms with E-state index in [1.165, 1.54) is 6.92 Å². The molecule has 0 radical (unpaired) electrons. The molecule has 9 heteroatoms. The van der Waals surface area contributed by atoms with E-state index >= 15 is 0 Å². The van der Waals surface area contributed by atoms with Gasteiger partial charge in [-0.3, -0.25) is 14.4 Å². The van der Waals surface area contributed by atoms with Gasteiger partial charge in [-0.25, -0.2) is 4.79 Å². The summed E-state index contributed by atoms with van der Waals surface area (Å²) in [5.74, 6) is -3.13. The van der Waals surface area contributed by atoms with Crippen molar-refractivity contribution < 1.29 is 29.4 Å². The van der Waals surface area contributed by atoms with Crippen LogP contribution in [0.1, 0.15) is 13.8 Å². The van der Waals surface area contributed by atoms with E-state index in [1.54, 1.807) is 6.92 Å². The number of urea groups is 1. The van der Waals surface area contributed by atoms with Crippen molar-refractivity contribution >= 4 is 23.9 Å². The summed E-state index contributed by atoms with van der Waals surface area (Å²) >= 11 is 0. The van der Waals surface area contributed by atoms with E-state index in [-0.39, 0.29) is 0 Å². The summed E-state index contributed by atoms with van der Waals surface area (Å²) < 4.78 is 0. The van der Waals surface area contributed by atoms with Gasteiger partial charge in [0.05, 0.1) is 0 Å². The van der Waals surface area contributed by atoms with Gasteiger partial charge in [-0.15, -0.1) is 0 Å². The van der Waals surface area contributed by atoms with E-state index in [1.807, 2.05) is 0 Å². The molecule has 1 unspecified atom stereocenters. The lowest BCUT2D eigenvalue weighted by atomic mass is 10.3. The maximum atomic E-state index is 11.6. The second kappa shape index (κ2) is 7.90. The smallest absolute Gasteiger partial charge is 0.323 e. The molecule has 1 atom stereocenters. The first-order valence-corrected chi connectivity index (χ1v) is 5.54. The SMILES string of the molecule is CCNC(=O)C(C)NC(=O)N(CC(=O)O)CC(=O)O. The third-order valence-electron chi connectivity index (χ3n) is 2.02. The molecular weight excluding hydrogens is 258 g/mol. The zero-order chi connectivity index (χ0) is 15.0. The molecule has 0 aromatic heterocycles. The van der Waals surface area contributed by atoms with Gasteiger partial charge < -0.3 is 25.7 Å². The number of carbonyl (C=O) groups excluding carboxylic acids is 2. The molecule has 0 fully saturated rings. The van der Waals surface area contributed by atoms with Crippen molar-refractivity contribution in [3.05, 3.63) is 0 Å². The molecule has 0 aliphatic rings. The molecule has 0 rings (SSSR count). The highest BCUT2D eigenvalue weighted by Gasteiger charge is 2.23. The third-order valence-corrected chi connectivity index (χ3v) is 2.02. The summed E-state index contributed by atoms with van der Waals surface area (Å²) in [5, 5.41) is 21.8. The minimum absolute atomic E-state index is 0.382. The molecule has 4 N–H and O–H groups in total. The number of amides is 3. The number of rotatable bonds is 7. The fourth-order valence-corrected chi connectivity index (χ4v) is 1.20. The Hall–Kier alpha value is -2.32. The number of likely N-dealkylation sites (N-methyl/N-ethyl adjacent to an activating group) is 1. The Morgan fingerprint density at radius 3 is 1.95 bits per heavy atom. The van der Waals surface area contributed by atoms with Crippen molar-refractivity contribution in [2.75, 3.05) is 19.6 Å². The highest BCUT2D eigenvalue weighted by atomic mass is 16.4. The fourth-order valence-electron chi connectivity index (χ4n) is 1.20. The Bertz CT molecular complexity index is 354. The maximum absolute atomic E-state index is 11.6. The van der Waals surface area contributed by atoms with Crippen LogP contribution in [0, 0.1) is 0 Å². The summed E-state index contributed by atoms with van der Waals surface area (Å²) in [5.41, 5.74) is 0. The normalized spacial score (nSPS) is 11.3. The minimum atomic E-state index is -1.35. The Labute approximate surface area is 109 Å². The van der Waals surface area contributed by atoms with E-state index in [4.69, 9.17) is 10.2 Å². The van der Waals surface area contributed by atoms with Crippen LogP contribution in [0.5, 0.6) is 0 Å². The third kappa shape index (κ3) is 6.86. The summed E-state index contributed by atoms with van der Waals surface area (Å²) in [6, 6.07) is -1.82. The van der Waals surface area contributed by atoms with E-state index in [0.29, 0.717) is 11.4 Å². The van der Waals surface area contributed by atoms with E-state index in [9.17, 15) is 19.2 Å². The number of carbonyl (C=O) groups is 4. The van der Waals surface area contributed by atoms with E-state index < -0.39 is 43.0 Å². The van der Waals surface area contributed by atoms with Gasteiger partial charge in [0, 0.05) is 6.54 Å². The van der Waals surface area contributed by atoms with Crippen molar-refractivity contribution in [3.8, 4) is 0 Å². The monoisotopic (exact) mass is 275 g/mol. The lowest BCUT2D eigenvalue weighted by Gasteiger charge is -2.21. The Kier molecular flexibility index (Phi) is 6.94. The molecule has 0 aliphatic heterocycles. The number of hydrogen-bond acceptors (Lipinski definition) is 4. The van der Waals surface area contributed by atoms with Gasteiger partial charge in [0.1, 0.15) is 19.1 Å². The van der Waals surface area contributed by atoms with Gasteiger partial charge in [-0.05, 0) is 13.8 Å². The Morgan fingerprint density at radius 1 is 1.11 bits per heavy atom. The van der Waals surface area contributed by atoms with Crippen LogP contribution in [-0.4, -0.2) is 64.7 Å². The second-order valence-corrected chi connectivity index (χ2v) is 3.71. The Morgan fingerprint density at radius 2 is 1.58 bits per heavy atom. The van der Waals surface area contributed by atoms with Gasteiger partial charge in [-0.1, -0.05) is 0 Å². The lowest BCUT2D eigenvalue weighted by Crippen LogP contribution is -2.52. The summed E-state index contributed by atoms with van der Waals surface area (Å²) in [4.78, 5) is 44.6. The maximum Gasteiger partial charge on any atom is 0.323 e. The first kappa shape index (κ1) is 16.7. The first-order valence-electron chi connectivity index (χ1n) is 5.54. The van der Waals surface area contributed by atoms with Crippen LogP contribution >= 0.6 is 0 Å². The van der Waals surface area contributed by atoms with Crippen LogP contribution in [0.3, 0.4) is 0 Å². The lowest BCUT2D eigenvalue weighted by molar-refractivity contribution is -0.140. The van der Waals surface area contributed by atoms with Gasteiger partial charge >= 0.3 is 18.0 Å². The molecule has 3 amide bonds. The predicted molar refractivity (Wildman–Crippen MR) is 63.5 cm³/mol. The zero-order valence-electron chi connectivity index (χ0n) is 10.7. The number of hydrogen-bond donors (Lipinski definition) is 4. The van der Waals surface area contributed by atoms with Crippen LogP contribution in [0.4, 0.5) is 4.79 Å². The van der Waals surface area contributed by atoms with Gasteiger partial charge in [0.25, 0.3) is 0 Å². The van der Waals surface area contributed by atoms with E-state index in [0.717, 1.165) is 0 Å². The minimum Gasteiger partial charge on any atom is -0.480 e. The molecule has 19 heavy (non-hydrogen) atoms. The van der Waals surface area contributed by atoms with Crippen LogP contribution in [0.15, 0.2) is 0 Å². The quantitative estimate of drug-likeness (QED) is 0.455. The summed E-state index contributed by atoms with van der Waals surface area (Å²) in [6.07, 6.45) is 0. The molecule has 0 bridgehead atoms. The van der Waals surface area contributed by atoms with Crippen LogP contribution < -0.4 is 10.6 Å². The van der Waals surface area contributed by atoms with Crippen LogP contribution in [0.2, 0.25) is 0 Å². The van der Waals surface area contributed by atoms with Crippen molar-refractivity contribution in [3.63, 3.8) is 0 Å². The number of nitrogens with zero attached hydrogens (tertiary/aromatic N) is 1. The molecule has 108 valence electrons. The molecule has 0 saturated heterocycles. The average molecular weight is 275 g/mol. The largest absolute Gasteiger partial charge is 0.480 e. The molecule has 9 nitrogen and oxygen atoms in total. The highest BCUT2D eigenvalue weighted by Crippen LogP contribution is 1.93. The van der Waals surface area contributed by atoms with Crippen molar-refractivity contribution in [1.82, 2.24) is 15.5 Å². The number of nitrogens with one attached hydrogen (secondary N) is 2. The molecule has 0 spiro atoms. The van der Waals surface area contributed by atoms with Crippen LogP contribution in [-0.2, 0) is 14.4 Å². The Balaban J connectivity index is 4.58. The zero-order valence-corrected chi connectivity index (χ0v) is 10.7. The van der Waals surface area contributed by atoms with Gasteiger partial charge in [-0.2, -0.15) is 0 Å². The summed E-state index contributed by atoms with van der Waals surface area (Å²) in [7, 11) is 0. The highest BCUT2D eigenvalue weighted by molar-refractivity contribution is 5.89. The van der Waals surface area contributed by atoms with Gasteiger partial charge in [0.15, 0.2) is 0 Å². The molecule has 0 aliphatic carbocycles. The standard InChI is InChI=1S/C10H17N3O6/c1-3-11-9(18)6(2)12-10(19)13(4-7(14)15)5-8(16)17/h6H,3-5H2,1-2H3,(H,11,18)(H,12,19)(H,14,15)(H,16,17). The molecule has 0 aromatic carbocycles. The predicted octanol–water partition coefficient (Wildman–Crippen LogP) is -1.31. The van der Waals surface area contributed by atoms with Crippen molar-refractivity contribution in [2.24, 2.45) is 0 Å². The first-order chi connectivity index (χ1) is 8.77. The fraction of sp³-hybridized carbons (Fsp3) is 0.600. The molecule has 0 saturated carbocycles.